The number of hydrogen-bond acceptors (Lipinski definition) is 3. The standard InChI is InChI=1S/C18H16ClN3O3/c1-11-17(24)21(10-12-2-4-13(5-3-12)16(20)23)18(25)22(11)15-8-6-14(19)7-9-15/h2-9,11H,10H2,1H3,(H2,20,23). The molecule has 1 atom stereocenters. The normalized spacial score (nSPS) is 17.3. The van der Waals surface area contributed by atoms with Crippen molar-refractivity contribution in [2.24, 2.45) is 5.73 Å². The number of carbonyl (C=O) groups is 3. The molecule has 0 aromatic heterocycles. The van der Waals surface area contributed by atoms with E-state index in [9.17, 15) is 14.4 Å². The number of benzene rings is 2. The summed E-state index contributed by atoms with van der Waals surface area (Å²) in [5, 5.41) is 0.556. The van der Waals surface area contributed by atoms with E-state index in [0.717, 1.165) is 5.56 Å². The van der Waals surface area contributed by atoms with Crippen LogP contribution in [0, 0.1) is 0 Å². The van der Waals surface area contributed by atoms with Crippen molar-refractivity contribution in [2.45, 2.75) is 19.5 Å². The third-order valence-electron chi connectivity index (χ3n) is 4.13. The van der Waals surface area contributed by atoms with E-state index in [1.807, 2.05) is 0 Å². The summed E-state index contributed by atoms with van der Waals surface area (Å²) in [5.74, 6) is -0.804. The van der Waals surface area contributed by atoms with E-state index in [0.29, 0.717) is 16.3 Å². The molecule has 1 heterocycles. The molecule has 1 aliphatic rings. The van der Waals surface area contributed by atoms with Crippen LogP contribution in [0.3, 0.4) is 0 Å². The number of imide groups is 1. The summed E-state index contributed by atoms with van der Waals surface area (Å²) in [6, 6.07) is 12.3. The van der Waals surface area contributed by atoms with Gasteiger partial charge < -0.3 is 5.73 Å². The topological polar surface area (TPSA) is 83.7 Å². The van der Waals surface area contributed by atoms with Crippen LogP contribution in [-0.4, -0.2) is 28.8 Å². The predicted molar refractivity (Wildman–Crippen MR) is 94.3 cm³/mol. The minimum absolute atomic E-state index is 0.130. The maximum atomic E-state index is 12.7. The van der Waals surface area contributed by atoms with Gasteiger partial charge in [-0.05, 0) is 48.9 Å². The number of hydrogen-bond donors (Lipinski definition) is 1. The Morgan fingerprint density at radius 1 is 1.08 bits per heavy atom. The molecule has 2 aromatic carbocycles. The van der Waals surface area contributed by atoms with Crippen LogP contribution in [0.5, 0.6) is 0 Å². The minimum Gasteiger partial charge on any atom is -0.366 e. The highest BCUT2D eigenvalue weighted by Crippen LogP contribution is 2.28. The molecule has 1 aliphatic heterocycles. The van der Waals surface area contributed by atoms with Crippen molar-refractivity contribution in [3.63, 3.8) is 0 Å². The first kappa shape index (κ1) is 17.0. The lowest BCUT2D eigenvalue weighted by atomic mass is 10.1. The highest BCUT2D eigenvalue weighted by atomic mass is 35.5. The number of halogens is 1. The molecule has 3 rings (SSSR count). The van der Waals surface area contributed by atoms with E-state index in [4.69, 9.17) is 17.3 Å². The van der Waals surface area contributed by atoms with E-state index in [1.54, 1.807) is 55.5 Å². The van der Waals surface area contributed by atoms with Gasteiger partial charge in [-0.1, -0.05) is 23.7 Å². The van der Waals surface area contributed by atoms with Crippen molar-refractivity contribution < 1.29 is 14.4 Å². The van der Waals surface area contributed by atoms with Gasteiger partial charge in [-0.25, -0.2) is 4.79 Å². The summed E-state index contributed by atoms with van der Waals surface area (Å²) in [7, 11) is 0. The maximum Gasteiger partial charge on any atom is 0.332 e. The largest absolute Gasteiger partial charge is 0.366 e. The van der Waals surface area contributed by atoms with Crippen LogP contribution in [0.15, 0.2) is 48.5 Å². The van der Waals surface area contributed by atoms with Gasteiger partial charge in [0.15, 0.2) is 0 Å². The number of nitrogens with two attached hydrogens (primary N) is 1. The van der Waals surface area contributed by atoms with Gasteiger partial charge >= 0.3 is 6.03 Å². The fourth-order valence-corrected chi connectivity index (χ4v) is 2.89. The zero-order valence-corrected chi connectivity index (χ0v) is 14.2. The van der Waals surface area contributed by atoms with E-state index in [2.05, 4.69) is 0 Å². The van der Waals surface area contributed by atoms with Crippen molar-refractivity contribution in [3.05, 3.63) is 64.7 Å². The number of nitrogens with zero attached hydrogens (tertiary/aromatic N) is 2. The van der Waals surface area contributed by atoms with Gasteiger partial charge in [-0.3, -0.25) is 19.4 Å². The van der Waals surface area contributed by atoms with E-state index in [-0.39, 0.29) is 18.5 Å². The predicted octanol–water partition coefficient (Wildman–Crippen LogP) is 2.80. The Labute approximate surface area is 149 Å². The van der Waals surface area contributed by atoms with Crippen molar-refractivity contribution in [2.75, 3.05) is 4.90 Å². The monoisotopic (exact) mass is 357 g/mol. The van der Waals surface area contributed by atoms with Gasteiger partial charge in [0, 0.05) is 16.3 Å². The molecule has 1 saturated heterocycles. The van der Waals surface area contributed by atoms with Crippen LogP contribution < -0.4 is 10.6 Å². The lowest BCUT2D eigenvalue weighted by Crippen LogP contribution is -2.33. The number of rotatable bonds is 4. The zero-order valence-electron chi connectivity index (χ0n) is 13.5. The molecule has 25 heavy (non-hydrogen) atoms. The molecule has 1 fully saturated rings. The summed E-state index contributed by atoms with van der Waals surface area (Å²) >= 11 is 5.88. The van der Waals surface area contributed by atoms with Crippen LogP contribution in [0.4, 0.5) is 10.5 Å². The van der Waals surface area contributed by atoms with E-state index < -0.39 is 11.9 Å². The highest BCUT2D eigenvalue weighted by molar-refractivity contribution is 6.30. The fraction of sp³-hybridized carbons (Fsp3) is 0.167. The number of amides is 4. The molecule has 128 valence electrons. The summed E-state index contributed by atoms with van der Waals surface area (Å²) in [6.07, 6.45) is 0. The summed E-state index contributed by atoms with van der Waals surface area (Å²) in [5.41, 5.74) is 6.93. The molecule has 0 saturated carbocycles. The number of anilines is 1. The molecule has 2 aromatic rings. The average molecular weight is 358 g/mol. The molecule has 7 heteroatoms. The van der Waals surface area contributed by atoms with Gasteiger partial charge in [0.2, 0.25) is 5.91 Å². The Morgan fingerprint density at radius 3 is 2.24 bits per heavy atom. The molecule has 0 bridgehead atoms. The minimum atomic E-state index is -0.599. The molecule has 0 radical (unpaired) electrons. The average Bonchev–Trinajstić information content (AvgIpc) is 2.80. The van der Waals surface area contributed by atoms with Crippen LogP contribution in [0.25, 0.3) is 0 Å². The lowest BCUT2D eigenvalue weighted by molar-refractivity contribution is -0.127. The van der Waals surface area contributed by atoms with E-state index >= 15 is 0 Å². The van der Waals surface area contributed by atoms with Gasteiger partial charge in [-0.2, -0.15) is 0 Å². The molecule has 0 aliphatic carbocycles. The molecule has 2 N–H and O–H groups in total. The summed E-state index contributed by atoms with van der Waals surface area (Å²) in [4.78, 5) is 39.0. The van der Waals surface area contributed by atoms with Gasteiger partial charge in [0.05, 0.1) is 6.54 Å². The third-order valence-corrected chi connectivity index (χ3v) is 4.38. The lowest BCUT2D eigenvalue weighted by Gasteiger charge is -2.19. The van der Waals surface area contributed by atoms with Crippen LogP contribution in [-0.2, 0) is 11.3 Å². The van der Waals surface area contributed by atoms with Crippen molar-refractivity contribution in [1.82, 2.24) is 4.90 Å². The molecule has 6 nitrogen and oxygen atoms in total. The first-order valence-corrected chi connectivity index (χ1v) is 8.05. The number of carbonyl (C=O) groups excluding carboxylic acids is 3. The fourth-order valence-electron chi connectivity index (χ4n) is 2.76. The quantitative estimate of drug-likeness (QED) is 0.854. The van der Waals surface area contributed by atoms with Crippen molar-refractivity contribution in [1.29, 1.82) is 0 Å². The third kappa shape index (κ3) is 3.21. The molecular weight excluding hydrogens is 342 g/mol. The second-order valence-corrected chi connectivity index (χ2v) is 6.23. The Hall–Kier alpha value is -2.86. The summed E-state index contributed by atoms with van der Waals surface area (Å²) in [6.45, 7) is 1.82. The first-order chi connectivity index (χ1) is 11.9. The number of urea groups is 1. The van der Waals surface area contributed by atoms with E-state index in [1.165, 1.54) is 9.80 Å². The zero-order chi connectivity index (χ0) is 18.1. The van der Waals surface area contributed by atoms with Crippen LogP contribution in [0.2, 0.25) is 5.02 Å². The Bertz CT molecular complexity index is 834. The Balaban J connectivity index is 1.82. The molecule has 0 spiro atoms. The Kier molecular flexibility index (Phi) is 4.46. The van der Waals surface area contributed by atoms with Gasteiger partial charge in [0.1, 0.15) is 6.04 Å². The maximum absolute atomic E-state index is 12.7. The molecule has 4 amide bonds. The van der Waals surface area contributed by atoms with Crippen LogP contribution >= 0.6 is 11.6 Å². The highest BCUT2D eigenvalue weighted by Gasteiger charge is 2.43. The summed E-state index contributed by atoms with van der Waals surface area (Å²) < 4.78 is 0. The molecular formula is C18H16ClN3O3. The first-order valence-electron chi connectivity index (χ1n) is 7.67. The Morgan fingerprint density at radius 2 is 1.68 bits per heavy atom. The smallest absolute Gasteiger partial charge is 0.332 e. The van der Waals surface area contributed by atoms with Gasteiger partial charge in [0.25, 0.3) is 5.91 Å². The second kappa shape index (κ2) is 6.57. The number of primary amides is 1. The SMILES string of the molecule is CC1C(=O)N(Cc2ccc(C(N)=O)cc2)C(=O)N1c1ccc(Cl)cc1. The molecule has 1 unspecified atom stereocenters. The van der Waals surface area contributed by atoms with Gasteiger partial charge in [-0.15, -0.1) is 0 Å². The van der Waals surface area contributed by atoms with Crippen LogP contribution in [0.1, 0.15) is 22.8 Å². The second-order valence-electron chi connectivity index (χ2n) is 5.79. The van der Waals surface area contributed by atoms with Crippen molar-refractivity contribution >= 4 is 35.1 Å². The van der Waals surface area contributed by atoms with Crippen molar-refractivity contribution in [3.8, 4) is 0 Å².